The molecule has 0 aliphatic carbocycles. The molecule has 1 heterocycles. The van der Waals surface area contributed by atoms with E-state index < -0.39 is 6.10 Å². The summed E-state index contributed by atoms with van der Waals surface area (Å²) in [7, 11) is 0. The van der Waals surface area contributed by atoms with Gasteiger partial charge < -0.3 is 16.2 Å². The highest BCUT2D eigenvalue weighted by molar-refractivity contribution is 5.40. The average Bonchev–Trinajstić information content (AvgIpc) is 2.78. The molecule has 3 rings (SSSR count). The number of aryl methyl sites for hydroxylation is 6. The Balaban J connectivity index is 1.68. The Labute approximate surface area is 220 Å². The smallest absolute Gasteiger partial charge is 0.0789 e. The zero-order chi connectivity index (χ0) is 26.4. The maximum atomic E-state index is 10.0. The zero-order valence-corrected chi connectivity index (χ0v) is 24.0. The minimum absolute atomic E-state index is 0.334. The molecule has 200 valence electrons. The first-order chi connectivity index (χ1) is 17.1. The molecule has 1 aliphatic rings. The first-order valence-corrected chi connectivity index (χ1v) is 14.1. The van der Waals surface area contributed by atoms with Gasteiger partial charge in [-0.15, -0.1) is 0 Å². The van der Waals surface area contributed by atoms with E-state index >= 15 is 0 Å². The number of benzene rings is 2. The number of aliphatic hydroxyl groups excluding tert-OH is 1. The molecule has 0 bridgehead atoms. The number of rotatable bonds is 11. The SMILES string of the molecule is Cc1cc(C)c(CCCCC(NC2CCN(CC(O)CN)C(C)C2)c2c(C)cc(C)cc2C)c(C)c1. The summed E-state index contributed by atoms with van der Waals surface area (Å²) in [5.74, 6) is 0. The number of hydrogen-bond donors (Lipinski definition) is 3. The van der Waals surface area contributed by atoms with Crippen molar-refractivity contribution in [1.82, 2.24) is 10.2 Å². The highest BCUT2D eigenvalue weighted by Crippen LogP contribution is 2.30. The third kappa shape index (κ3) is 7.64. The maximum absolute atomic E-state index is 10.0. The lowest BCUT2D eigenvalue weighted by Crippen LogP contribution is -2.51. The molecule has 0 saturated carbocycles. The van der Waals surface area contributed by atoms with Crippen LogP contribution in [0.25, 0.3) is 0 Å². The van der Waals surface area contributed by atoms with E-state index in [9.17, 15) is 5.11 Å². The Morgan fingerprint density at radius 3 is 2.08 bits per heavy atom. The van der Waals surface area contributed by atoms with Crippen LogP contribution in [0.5, 0.6) is 0 Å². The number of unbranched alkanes of at least 4 members (excludes halogenated alkanes) is 1. The molecule has 4 atom stereocenters. The Kier molecular flexibility index (Phi) is 10.6. The number of β-amino-alcohol motifs (C(OH)–C–C–N with tert-alkyl or cyclic N) is 1. The van der Waals surface area contributed by atoms with Crippen molar-refractivity contribution in [3.63, 3.8) is 0 Å². The number of likely N-dealkylation sites (tertiary alicyclic amines) is 1. The molecular weight excluding hydrogens is 442 g/mol. The van der Waals surface area contributed by atoms with Gasteiger partial charge in [-0.3, -0.25) is 4.90 Å². The third-order valence-electron chi connectivity index (χ3n) is 8.26. The lowest BCUT2D eigenvalue weighted by Gasteiger charge is -2.40. The Morgan fingerprint density at radius 2 is 1.53 bits per heavy atom. The predicted octanol–water partition coefficient (Wildman–Crippen LogP) is 5.75. The zero-order valence-electron chi connectivity index (χ0n) is 24.0. The molecule has 1 saturated heterocycles. The Hall–Kier alpha value is -1.72. The minimum Gasteiger partial charge on any atom is -0.390 e. The Bertz CT molecular complexity index is 955. The quantitative estimate of drug-likeness (QED) is 0.349. The van der Waals surface area contributed by atoms with Gasteiger partial charge in [-0.1, -0.05) is 41.8 Å². The van der Waals surface area contributed by atoms with Gasteiger partial charge in [0.2, 0.25) is 0 Å². The van der Waals surface area contributed by atoms with Crippen molar-refractivity contribution in [3.8, 4) is 0 Å². The molecule has 0 aromatic heterocycles. The maximum Gasteiger partial charge on any atom is 0.0789 e. The summed E-state index contributed by atoms with van der Waals surface area (Å²) in [6.45, 7) is 17.8. The van der Waals surface area contributed by atoms with E-state index in [0.29, 0.717) is 31.2 Å². The van der Waals surface area contributed by atoms with Gasteiger partial charge in [0, 0.05) is 37.8 Å². The standard InChI is InChI=1S/C32H51N3O/c1-21-14-23(3)30(24(4)15-21)10-8-9-11-31(32-25(5)16-22(2)17-26(32)6)34-28-12-13-35(27(7)18-28)20-29(36)19-33/h14-17,27-29,31,34,36H,8-13,18-20,33H2,1-7H3. The summed E-state index contributed by atoms with van der Waals surface area (Å²) in [5.41, 5.74) is 17.1. The van der Waals surface area contributed by atoms with Crippen LogP contribution < -0.4 is 11.1 Å². The minimum atomic E-state index is -0.427. The molecule has 1 aliphatic heterocycles. The third-order valence-corrected chi connectivity index (χ3v) is 8.26. The van der Waals surface area contributed by atoms with Crippen molar-refractivity contribution in [2.24, 2.45) is 5.73 Å². The molecule has 2 aromatic carbocycles. The van der Waals surface area contributed by atoms with Gasteiger partial charge in [-0.2, -0.15) is 0 Å². The molecule has 4 nitrogen and oxygen atoms in total. The number of nitrogens with two attached hydrogens (primary N) is 1. The van der Waals surface area contributed by atoms with Crippen molar-refractivity contribution in [3.05, 3.63) is 68.8 Å². The van der Waals surface area contributed by atoms with Crippen molar-refractivity contribution in [2.75, 3.05) is 19.6 Å². The van der Waals surface area contributed by atoms with Crippen LogP contribution in [0.4, 0.5) is 0 Å². The second kappa shape index (κ2) is 13.2. The lowest BCUT2D eigenvalue weighted by atomic mass is 9.88. The topological polar surface area (TPSA) is 61.5 Å². The number of nitrogens with one attached hydrogen (secondary N) is 1. The lowest BCUT2D eigenvalue weighted by molar-refractivity contribution is 0.0660. The van der Waals surface area contributed by atoms with Crippen LogP contribution in [0, 0.1) is 41.5 Å². The molecule has 36 heavy (non-hydrogen) atoms. The van der Waals surface area contributed by atoms with Crippen molar-refractivity contribution in [2.45, 2.75) is 111 Å². The van der Waals surface area contributed by atoms with Gasteiger partial charge in [0.1, 0.15) is 0 Å². The molecule has 4 unspecified atom stereocenters. The number of piperidine rings is 1. The van der Waals surface area contributed by atoms with Gasteiger partial charge in [-0.05, 0) is 114 Å². The molecule has 0 radical (unpaired) electrons. The van der Waals surface area contributed by atoms with Gasteiger partial charge in [0.05, 0.1) is 6.10 Å². The highest BCUT2D eigenvalue weighted by atomic mass is 16.3. The molecule has 2 aromatic rings. The second-order valence-corrected chi connectivity index (χ2v) is 11.6. The first-order valence-electron chi connectivity index (χ1n) is 14.1. The van der Waals surface area contributed by atoms with Crippen LogP contribution in [-0.2, 0) is 6.42 Å². The Morgan fingerprint density at radius 1 is 0.944 bits per heavy atom. The van der Waals surface area contributed by atoms with E-state index in [1.54, 1.807) is 0 Å². The normalized spacial score (nSPS) is 20.5. The fraction of sp³-hybridized carbons (Fsp3) is 0.625. The van der Waals surface area contributed by atoms with E-state index in [1.807, 2.05) is 0 Å². The number of nitrogens with zero attached hydrogens (tertiary/aromatic N) is 1. The summed E-state index contributed by atoms with van der Waals surface area (Å²) < 4.78 is 0. The molecule has 1 fully saturated rings. The fourth-order valence-electron chi connectivity index (χ4n) is 6.58. The predicted molar refractivity (Wildman–Crippen MR) is 154 cm³/mol. The summed E-state index contributed by atoms with van der Waals surface area (Å²) in [6, 6.07) is 10.7. The van der Waals surface area contributed by atoms with Crippen LogP contribution >= 0.6 is 0 Å². The molecule has 4 N–H and O–H groups in total. The fourth-order valence-corrected chi connectivity index (χ4v) is 6.58. The first kappa shape index (κ1) is 28.8. The van der Waals surface area contributed by atoms with E-state index in [-0.39, 0.29) is 0 Å². The van der Waals surface area contributed by atoms with Crippen molar-refractivity contribution < 1.29 is 5.11 Å². The highest BCUT2D eigenvalue weighted by Gasteiger charge is 2.29. The summed E-state index contributed by atoms with van der Waals surface area (Å²) in [4.78, 5) is 2.40. The van der Waals surface area contributed by atoms with Crippen LogP contribution in [0.15, 0.2) is 24.3 Å². The largest absolute Gasteiger partial charge is 0.390 e. The van der Waals surface area contributed by atoms with E-state index in [0.717, 1.165) is 32.2 Å². The number of aliphatic hydroxyl groups is 1. The van der Waals surface area contributed by atoms with Gasteiger partial charge in [-0.25, -0.2) is 0 Å². The van der Waals surface area contributed by atoms with Crippen LogP contribution in [0.3, 0.4) is 0 Å². The van der Waals surface area contributed by atoms with Crippen LogP contribution in [0.1, 0.15) is 89.6 Å². The van der Waals surface area contributed by atoms with Gasteiger partial charge in [0.25, 0.3) is 0 Å². The molecule has 0 spiro atoms. The monoisotopic (exact) mass is 493 g/mol. The van der Waals surface area contributed by atoms with Crippen LogP contribution in [-0.4, -0.2) is 47.8 Å². The second-order valence-electron chi connectivity index (χ2n) is 11.6. The summed E-state index contributed by atoms with van der Waals surface area (Å²) in [6.07, 6.45) is 6.56. The molecule has 4 heteroatoms. The molecule has 0 amide bonds. The van der Waals surface area contributed by atoms with E-state index in [4.69, 9.17) is 5.73 Å². The molecular formula is C32H51N3O. The van der Waals surface area contributed by atoms with Gasteiger partial charge >= 0.3 is 0 Å². The van der Waals surface area contributed by atoms with Gasteiger partial charge in [0.15, 0.2) is 0 Å². The average molecular weight is 494 g/mol. The van der Waals surface area contributed by atoms with E-state index in [2.05, 4.69) is 82.9 Å². The summed E-state index contributed by atoms with van der Waals surface area (Å²) in [5, 5.41) is 14.1. The van der Waals surface area contributed by atoms with Crippen molar-refractivity contribution >= 4 is 0 Å². The van der Waals surface area contributed by atoms with E-state index in [1.165, 1.54) is 57.3 Å². The van der Waals surface area contributed by atoms with Crippen LogP contribution in [0.2, 0.25) is 0 Å². The number of hydrogen-bond acceptors (Lipinski definition) is 4. The summed E-state index contributed by atoms with van der Waals surface area (Å²) >= 11 is 0. The van der Waals surface area contributed by atoms with Crippen molar-refractivity contribution in [1.29, 1.82) is 0 Å².